The topological polar surface area (TPSA) is 84.2 Å². The number of benzene rings is 1. The van der Waals surface area contributed by atoms with Gasteiger partial charge in [-0.15, -0.1) is 0 Å². The zero-order valence-electron chi connectivity index (χ0n) is 12.0. The van der Waals surface area contributed by atoms with E-state index in [1.54, 1.807) is 18.9 Å². The Morgan fingerprint density at radius 3 is 2.30 bits per heavy atom. The summed E-state index contributed by atoms with van der Waals surface area (Å²) in [6.45, 7) is 5.88. The molecule has 110 valence electrons. The van der Waals surface area contributed by atoms with Crippen LogP contribution in [-0.4, -0.2) is 23.6 Å². The number of nitrogens with two attached hydrogens (primary N) is 1. The number of carbonyl (C=O) groups excluding carboxylic acids is 2. The predicted molar refractivity (Wildman–Crippen MR) is 83.4 cm³/mol. The summed E-state index contributed by atoms with van der Waals surface area (Å²) in [5.74, 6) is -1.07. The van der Waals surface area contributed by atoms with Gasteiger partial charge in [-0.25, -0.2) is 0 Å². The molecule has 0 aliphatic rings. The molecule has 6 heteroatoms. The molecule has 0 saturated heterocycles. The summed E-state index contributed by atoms with van der Waals surface area (Å²) >= 11 is 1.64. The molecule has 5 nitrogen and oxygen atoms in total. The second kappa shape index (κ2) is 7.79. The van der Waals surface area contributed by atoms with E-state index in [-0.39, 0.29) is 18.4 Å². The standard InChI is InChI=1S/C14H21N3O2S/c1-9(2)20-17-12-6-4-11(5-7-12)10(3)14(19)16-8-13(15)18/h4-7,9-10,17H,8H2,1-3H3,(H2,15,18)(H,16,19). The van der Waals surface area contributed by atoms with Crippen LogP contribution in [0, 0.1) is 0 Å². The first kappa shape index (κ1) is 16.4. The van der Waals surface area contributed by atoms with Gasteiger partial charge in [-0.1, -0.05) is 26.0 Å². The van der Waals surface area contributed by atoms with Gasteiger partial charge in [0.05, 0.1) is 12.5 Å². The number of nitrogens with one attached hydrogen (secondary N) is 2. The maximum absolute atomic E-state index is 11.8. The molecular weight excluding hydrogens is 274 g/mol. The van der Waals surface area contributed by atoms with E-state index in [9.17, 15) is 9.59 Å². The minimum atomic E-state index is -0.546. The molecule has 0 aliphatic heterocycles. The van der Waals surface area contributed by atoms with Crippen molar-refractivity contribution in [2.45, 2.75) is 31.9 Å². The van der Waals surface area contributed by atoms with Crippen LogP contribution in [0.25, 0.3) is 0 Å². The third-order valence-electron chi connectivity index (χ3n) is 2.65. The fourth-order valence-corrected chi connectivity index (χ4v) is 2.01. The molecule has 1 rings (SSSR count). The van der Waals surface area contributed by atoms with Gasteiger partial charge in [0.1, 0.15) is 0 Å². The summed E-state index contributed by atoms with van der Waals surface area (Å²) in [5, 5.41) is 3.00. The molecule has 2 amide bonds. The Kier molecular flexibility index (Phi) is 6.38. The molecule has 0 fully saturated rings. The van der Waals surface area contributed by atoms with Crippen molar-refractivity contribution in [2.24, 2.45) is 5.73 Å². The van der Waals surface area contributed by atoms with Gasteiger partial charge < -0.3 is 15.8 Å². The van der Waals surface area contributed by atoms with Crippen LogP contribution in [0.3, 0.4) is 0 Å². The van der Waals surface area contributed by atoms with Gasteiger partial charge >= 0.3 is 0 Å². The SMILES string of the molecule is CC(C)SNc1ccc(C(C)C(=O)NCC(N)=O)cc1. The third kappa shape index (κ3) is 5.52. The van der Waals surface area contributed by atoms with Crippen molar-refractivity contribution in [2.75, 3.05) is 11.3 Å². The van der Waals surface area contributed by atoms with Crippen molar-refractivity contribution in [1.29, 1.82) is 0 Å². The van der Waals surface area contributed by atoms with E-state index < -0.39 is 5.91 Å². The number of primary amides is 1. The van der Waals surface area contributed by atoms with Crippen molar-refractivity contribution in [3.8, 4) is 0 Å². The molecule has 20 heavy (non-hydrogen) atoms. The minimum Gasteiger partial charge on any atom is -0.368 e. The average Bonchev–Trinajstić information content (AvgIpc) is 2.42. The first-order valence-corrected chi connectivity index (χ1v) is 7.35. The van der Waals surface area contributed by atoms with Gasteiger partial charge in [-0.3, -0.25) is 9.59 Å². The normalized spacial score (nSPS) is 12.0. The Morgan fingerprint density at radius 2 is 1.80 bits per heavy atom. The number of anilines is 1. The highest BCUT2D eigenvalue weighted by atomic mass is 32.2. The summed E-state index contributed by atoms with van der Waals surface area (Å²) in [6.07, 6.45) is 0. The van der Waals surface area contributed by atoms with Crippen LogP contribution in [0.15, 0.2) is 24.3 Å². The van der Waals surface area contributed by atoms with Crippen molar-refractivity contribution in [1.82, 2.24) is 5.32 Å². The molecule has 1 aromatic carbocycles. The molecule has 1 atom stereocenters. The Labute approximate surface area is 123 Å². The maximum atomic E-state index is 11.8. The molecular formula is C14H21N3O2S. The van der Waals surface area contributed by atoms with Crippen LogP contribution < -0.4 is 15.8 Å². The molecule has 0 radical (unpaired) electrons. The molecule has 1 aromatic rings. The lowest BCUT2D eigenvalue weighted by Gasteiger charge is -2.13. The Hall–Kier alpha value is -1.69. The summed E-state index contributed by atoms with van der Waals surface area (Å²) < 4.78 is 3.23. The van der Waals surface area contributed by atoms with E-state index in [0.29, 0.717) is 5.25 Å². The zero-order valence-corrected chi connectivity index (χ0v) is 12.8. The van der Waals surface area contributed by atoms with Gasteiger partial charge in [0, 0.05) is 10.9 Å². The average molecular weight is 295 g/mol. The lowest BCUT2D eigenvalue weighted by Crippen LogP contribution is -2.35. The van der Waals surface area contributed by atoms with E-state index in [0.717, 1.165) is 11.3 Å². The van der Waals surface area contributed by atoms with Crippen molar-refractivity contribution >= 4 is 29.4 Å². The number of carbonyl (C=O) groups is 2. The molecule has 0 aromatic heterocycles. The van der Waals surface area contributed by atoms with Gasteiger partial charge in [-0.2, -0.15) is 0 Å². The van der Waals surface area contributed by atoms with E-state index >= 15 is 0 Å². The van der Waals surface area contributed by atoms with Crippen LogP contribution in [0.5, 0.6) is 0 Å². The fraction of sp³-hybridized carbons (Fsp3) is 0.429. The number of rotatable bonds is 7. The molecule has 0 spiro atoms. The highest BCUT2D eigenvalue weighted by Crippen LogP contribution is 2.21. The van der Waals surface area contributed by atoms with Crippen molar-refractivity contribution in [3.63, 3.8) is 0 Å². The zero-order chi connectivity index (χ0) is 15.1. The molecule has 0 saturated carbocycles. The second-order valence-corrected chi connectivity index (χ2v) is 6.18. The van der Waals surface area contributed by atoms with Gasteiger partial charge in [0.2, 0.25) is 11.8 Å². The molecule has 4 N–H and O–H groups in total. The van der Waals surface area contributed by atoms with Crippen LogP contribution in [0.4, 0.5) is 5.69 Å². The Bertz CT molecular complexity index is 460. The number of hydrogen-bond acceptors (Lipinski definition) is 4. The number of hydrogen-bond donors (Lipinski definition) is 3. The van der Waals surface area contributed by atoms with E-state index in [1.807, 2.05) is 24.3 Å². The largest absolute Gasteiger partial charge is 0.368 e. The predicted octanol–water partition coefficient (Wildman–Crippen LogP) is 1.86. The van der Waals surface area contributed by atoms with Crippen molar-refractivity contribution < 1.29 is 9.59 Å². The fourth-order valence-electron chi connectivity index (χ4n) is 1.50. The summed E-state index contributed by atoms with van der Waals surface area (Å²) in [7, 11) is 0. The summed E-state index contributed by atoms with van der Waals surface area (Å²) in [6, 6.07) is 7.67. The molecule has 0 heterocycles. The van der Waals surface area contributed by atoms with Gasteiger partial charge in [-0.05, 0) is 36.6 Å². The monoisotopic (exact) mass is 295 g/mol. The first-order valence-electron chi connectivity index (χ1n) is 6.47. The van der Waals surface area contributed by atoms with Crippen LogP contribution in [-0.2, 0) is 9.59 Å². The lowest BCUT2D eigenvalue weighted by atomic mass is 10.0. The van der Waals surface area contributed by atoms with Gasteiger partial charge in [0.25, 0.3) is 0 Å². The van der Waals surface area contributed by atoms with Crippen molar-refractivity contribution in [3.05, 3.63) is 29.8 Å². The second-order valence-electron chi connectivity index (χ2n) is 4.80. The minimum absolute atomic E-state index is 0.131. The summed E-state index contributed by atoms with van der Waals surface area (Å²) in [4.78, 5) is 22.4. The lowest BCUT2D eigenvalue weighted by molar-refractivity contribution is -0.125. The van der Waals surface area contributed by atoms with Crippen LogP contribution >= 0.6 is 11.9 Å². The Balaban J connectivity index is 2.58. The first-order chi connectivity index (χ1) is 9.40. The van der Waals surface area contributed by atoms with E-state index in [1.165, 1.54) is 0 Å². The quantitative estimate of drug-likeness (QED) is 0.670. The third-order valence-corrected chi connectivity index (χ3v) is 3.48. The number of amides is 2. The molecule has 1 unspecified atom stereocenters. The highest BCUT2D eigenvalue weighted by Gasteiger charge is 2.15. The molecule has 0 bridgehead atoms. The maximum Gasteiger partial charge on any atom is 0.236 e. The van der Waals surface area contributed by atoms with Crippen LogP contribution in [0.2, 0.25) is 0 Å². The summed E-state index contributed by atoms with van der Waals surface area (Å²) in [5.41, 5.74) is 6.89. The van der Waals surface area contributed by atoms with Crippen LogP contribution in [0.1, 0.15) is 32.3 Å². The Morgan fingerprint density at radius 1 is 1.20 bits per heavy atom. The smallest absolute Gasteiger partial charge is 0.236 e. The molecule has 0 aliphatic carbocycles. The highest BCUT2D eigenvalue weighted by molar-refractivity contribution is 8.01. The van der Waals surface area contributed by atoms with E-state index in [2.05, 4.69) is 23.9 Å². The van der Waals surface area contributed by atoms with Gasteiger partial charge in [0.15, 0.2) is 0 Å². The van der Waals surface area contributed by atoms with E-state index in [4.69, 9.17) is 5.73 Å².